The highest BCUT2D eigenvalue weighted by atomic mass is 19.1. The van der Waals surface area contributed by atoms with Crippen molar-refractivity contribution < 1.29 is 9.18 Å². The fourth-order valence-corrected chi connectivity index (χ4v) is 2.93. The molecule has 0 bridgehead atoms. The van der Waals surface area contributed by atoms with Crippen LogP contribution in [0, 0.1) is 6.92 Å². The van der Waals surface area contributed by atoms with Gasteiger partial charge in [-0.3, -0.25) is 4.79 Å². The Morgan fingerprint density at radius 3 is 2.60 bits per heavy atom. The Hall–Kier alpha value is -1.96. The van der Waals surface area contributed by atoms with Crippen molar-refractivity contribution in [1.82, 2.24) is 0 Å². The van der Waals surface area contributed by atoms with Crippen LogP contribution in [0.1, 0.15) is 33.5 Å². The second-order valence-corrected chi connectivity index (χ2v) is 5.55. The molecule has 0 spiro atoms. The molecular formula is C18H17FO. The van der Waals surface area contributed by atoms with Gasteiger partial charge in [0, 0.05) is 12.0 Å². The van der Waals surface area contributed by atoms with Gasteiger partial charge >= 0.3 is 0 Å². The minimum atomic E-state index is -1.76. The lowest BCUT2D eigenvalue weighted by atomic mass is 9.77. The molecule has 102 valence electrons. The van der Waals surface area contributed by atoms with Crippen LogP contribution in [0.25, 0.3) is 0 Å². The SMILES string of the molecule is Cc1ccccc1C[C@@]1(F)CCc2ccccc2C1=O. The van der Waals surface area contributed by atoms with Crippen LogP contribution >= 0.6 is 0 Å². The Labute approximate surface area is 118 Å². The van der Waals surface area contributed by atoms with Gasteiger partial charge in [-0.25, -0.2) is 4.39 Å². The molecule has 2 heteroatoms. The van der Waals surface area contributed by atoms with Crippen molar-refractivity contribution in [3.05, 3.63) is 70.8 Å². The van der Waals surface area contributed by atoms with Gasteiger partial charge in [0.2, 0.25) is 5.78 Å². The van der Waals surface area contributed by atoms with E-state index in [0.717, 1.165) is 16.7 Å². The summed E-state index contributed by atoms with van der Waals surface area (Å²) in [5.74, 6) is -0.359. The standard InChI is InChI=1S/C18H17FO/c1-13-6-2-3-8-15(13)12-18(19)11-10-14-7-4-5-9-16(14)17(18)20/h2-9H,10-12H2,1H3/t18-/m0/s1. The topological polar surface area (TPSA) is 17.1 Å². The summed E-state index contributed by atoms with van der Waals surface area (Å²) in [5.41, 5.74) is 1.71. The summed E-state index contributed by atoms with van der Waals surface area (Å²) >= 11 is 0. The number of Topliss-reactive ketones (excluding diaryl/α,β-unsaturated/α-hetero) is 1. The summed E-state index contributed by atoms with van der Waals surface area (Å²) in [6.07, 6.45) is 1.08. The molecule has 0 unspecified atom stereocenters. The molecule has 0 fully saturated rings. The van der Waals surface area contributed by atoms with Gasteiger partial charge in [0.25, 0.3) is 0 Å². The van der Waals surface area contributed by atoms with E-state index >= 15 is 4.39 Å². The Morgan fingerprint density at radius 2 is 1.80 bits per heavy atom. The summed E-state index contributed by atoms with van der Waals surface area (Å²) in [7, 11) is 0. The molecule has 1 aliphatic carbocycles. The quantitative estimate of drug-likeness (QED) is 0.802. The maximum Gasteiger partial charge on any atom is 0.200 e. The van der Waals surface area contributed by atoms with Gasteiger partial charge in [0.1, 0.15) is 0 Å². The first kappa shape index (κ1) is 13.0. The number of ketones is 1. The molecule has 0 radical (unpaired) electrons. The molecule has 20 heavy (non-hydrogen) atoms. The summed E-state index contributed by atoms with van der Waals surface area (Å²) in [6.45, 7) is 1.96. The summed E-state index contributed by atoms with van der Waals surface area (Å²) < 4.78 is 15.2. The zero-order chi connectivity index (χ0) is 14.2. The number of benzene rings is 2. The second kappa shape index (κ2) is 4.86. The van der Waals surface area contributed by atoms with Crippen LogP contribution < -0.4 is 0 Å². The number of carbonyl (C=O) groups excluding carboxylic acids is 1. The molecule has 0 aliphatic heterocycles. The number of hydrogen-bond donors (Lipinski definition) is 0. The molecule has 1 nitrogen and oxygen atoms in total. The van der Waals surface area contributed by atoms with Gasteiger partial charge in [-0.05, 0) is 36.5 Å². The molecule has 0 saturated heterocycles. The van der Waals surface area contributed by atoms with E-state index in [0.29, 0.717) is 12.0 Å². The van der Waals surface area contributed by atoms with E-state index in [4.69, 9.17) is 0 Å². The number of rotatable bonds is 2. The Morgan fingerprint density at radius 1 is 1.10 bits per heavy atom. The molecule has 0 saturated carbocycles. The number of hydrogen-bond acceptors (Lipinski definition) is 1. The Bertz CT molecular complexity index is 662. The normalized spacial score (nSPS) is 21.6. The van der Waals surface area contributed by atoms with E-state index in [1.807, 2.05) is 43.3 Å². The van der Waals surface area contributed by atoms with Gasteiger partial charge in [-0.1, -0.05) is 48.5 Å². The Kier molecular flexibility index (Phi) is 3.17. The maximum absolute atomic E-state index is 15.2. The van der Waals surface area contributed by atoms with Gasteiger partial charge in [-0.15, -0.1) is 0 Å². The third-order valence-electron chi connectivity index (χ3n) is 4.19. The molecular weight excluding hydrogens is 251 g/mol. The third-order valence-corrected chi connectivity index (χ3v) is 4.19. The number of halogens is 1. The van der Waals surface area contributed by atoms with Crippen molar-refractivity contribution in [3.8, 4) is 0 Å². The van der Waals surface area contributed by atoms with Crippen molar-refractivity contribution in [2.75, 3.05) is 0 Å². The van der Waals surface area contributed by atoms with Gasteiger partial charge < -0.3 is 0 Å². The van der Waals surface area contributed by atoms with Crippen molar-refractivity contribution in [3.63, 3.8) is 0 Å². The first-order chi connectivity index (χ1) is 9.60. The van der Waals surface area contributed by atoms with Crippen molar-refractivity contribution >= 4 is 5.78 Å². The van der Waals surface area contributed by atoms with E-state index in [9.17, 15) is 4.79 Å². The van der Waals surface area contributed by atoms with E-state index in [-0.39, 0.29) is 18.6 Å². The Balaban J connectivity index is 1.95. The number of fused-ring (bicyclic) bond motifs is 1. The largest absolute Gasteiger partial charge is 0.291 e. The number of carbonyl (C=O) groups is 1. The molecule has 2 aromatic carbocycles. The molecule has 2 aromatic rings. The number of alkyl halides is 1. The van der Waals surface area contributed by atoms with Crippen molar-refractivity contribution in [2.24, 2.45) is 0 Å². The fourth-order valence-electron chi connectivity index (χ4n) is 2.93. The van der Waals surface area contributed by atoms with E-state index in [1.165, 1.54) is 0 Å². The summed E-state index contributed by atoms with van der Waals surface area (Å²) in [5, 5.41) is 0. The van der Waals surface area contributed by atoms with Crippen LogP contribution in [0.4, 0.5) is 4.39 Å². The average Bonchev–Trinajstić information content (AvgIpc) is 2.46. The van der Waals surface area contributed by atoms with Crippen LogP contribution in [-0.4, -0.2) is 11.5 Å². The zero-order valence-electron chi connectivity index (χ0n) is 11.5. The van der Waals surface area contributed by atoms with E-state index < -0.39 is 5.67 Å². The fraction of sp³-hybridized carbons (Fsp3) is 0.278. The second-order valence-electron chi connectivity index (χ2n) is 5.55. The zero-order valence-corrected chi connectivity index (χ0v) is 11.5. The van der Waals surface area contributed by atoms with Gasteiger partial charge in [0.15, 0.2) is 5.67 Å². The lowest BCUT2D eigenvalue weighted by Gasteiger charge is -2.30. The van der Waals surface area contributed by atoms with E-state index in [2.05, 4.69) is 0 Å². The molecule has 0 amide bonds. The third kappa shape index (κ3) is 2.15. The first-order valence-electron chi connectivity index (χ1n) is 6.96. The highest BCUT2D eigenvalue weighted by Crippen LogP contribution is 2.35. The summed E-state index contributed by atoms with van der Waals surface area (Å²) in [6, 6.07) is 15.1. The van der Waals surface area contributed by atoms with Gasteiger partial charge in [-0.2, -0.15) is 0 Å². The smallest absolute Gasteiger partial charge is 0.200 e. The predicted molar refractivity (Wildman–Crippen MR) is 77.8 cm³/mol. The molecule has 3 rings (SSSR count). The van der Waals surface area contributed by atoms with Crippen LogP contribution in [0.3, 0.4) is 0 Å². The van der Waals surface area contributed by atoms with Crippen molar-refractivity contribution in [2.45, 2.75) is 31.9 Å². The molecule has 1 atom stereocenters. The van der Waals surface area contributed by atoms with Crippen LogP contribution in [0.2, 0.25) is 0 Å². The minimum Gasteiger partial charge on any atom is -0.291 e. The van der Waals surface area contributed by atoms with E-state index in [1.54, 1.807) is 12.1 Å². The maximum atomic E-state index is 15.2. The first-order valence-corrected chi connectivity index (χ1v) is 6.96. The summed E-state index contributed by atoms with van der Waals surface area (Å²) in [4.78, 5) is 12.5. The molecule has 0 N–H and O–H groups in total. The van der Waals surface area contributed by atoms with Crippen LogP contribution in [0.15, 0.2) is 48.5 Å². The lowest BCUT2D eigenvalue weighted by molar-refractivity contribution is 0.0637. The molecule has 0 heterocycles. The molecule has 0 aromatic heterocycles. The highest BCUT2D eigenvalue weighted by Gasteiger charge is 2.42. The van der Waals surface area contributed by atoms with Crippen LogP contribution in [0.5, 0.6) is 0 Å². The minimum absolute atomic E-state index is 0.173. The molecule has 1 aliphatic rings. The predicted octanol–water partition coefficient (Wildman–Crippen LogP) is 4.07. The highest BCUT2D eigenvalue weighted by molar-refractivity contribution is 6.04. The lowest BCUT2D eigenvalue weighted by Crippen LogP contribution is -2.40. The number of aryl methyl sites for hydroxylation is 2. The monoisotopic (exact) mass is 268 g/mol. The van der Waals surface area contributed by atoms with Crippen molar-refractivity contribution in [1.29, 1.82) is 0 Å². The van der Waals surface area contributed by atoms with Crippen LogP contribution in [-0.2, 0) is 12.8 Å². The van der Waals surface area contributed by atoms with Gasteiger partial charge in [0.05, 0.1) is 0 Å². The average molecular weight is 268 g/mol.